The van der Waals surface area contributed by atoms with E-state index in [0.29, 0.717) is 26.1 Å². The highest BCUT2D eigenvalue weighted by Gasteiger charge is 2.34. The van der Waals surface area contributed by atoms with E-state index in [1.807, 2.05) is 114 Å². The molecule has 0 aromatic heterocycles. The summed E-state index contributed by atoms with van der Waals surface area (Å²) in [7, 11) is 0. The number of urea groups is 1. The molecule has 13 heteroatoms. The molecule has 3 rings (SSSR count). The van der Waals surface area contributed by atoms with Crippen molar-refractivity contribution in [2.24, 2.45) is 0 Å². The standard InChI is InChI=1S/C39H55N5O8/c1-7-50-36(51-8-2)28(3)43(26-31-21-16-20-30-19-12-13-22-32(30)31)35(46)33(23-14-15-24-44(38(48)49)39(4,5)6)41-34(45)27-52-42-37(47)40-25-29-17-10-9-11-18-29/h9-13,16-22,28,33,36H,7-8,14-15,23-27H2,1-6H3,(H,41,45)(H,48,49)(H2,40,42,47)/t28-,33-/m0/s1. The highest BCUT2D eigenvalue weighted by atomic mass is 16.7. The molecule has 13 nitrogen and oxygen atoms in total. The van der Waals surface area contributed by atoms with Crippen LogP contribution in [0.15, 0.2) is 72.8 Å². The Hall–Kier alpha value is -4.72. The van der Waals surface area contributed by atoms with Gasteiger partial charge in [0, 0.05) is 38.4 Å². The summed E-state index contributed by atoms with van der Waals surface area (Å²) in [5.41, 5.74) is 3.40. The molecule has 52 heavy (non-hydrogen) atoms. The molecule has 0 unspecified atom stereocenters. The van der Waals surface area contributed by atoms with Gasteiger partial charge in [0.2, 0.25) is 11.8 Å². The van der Waals surface area contributed by atoms with Crippen molar-refractivity contribution in [3.63, 3.8) is 0 Å². The smallest absolute Gasteiger partial charge is 0.407 e. The van der Waals surface area contributed by atoms with Gasteiger partial charge in [-0.2, -0.15) is 0 Å². The maximum atomic E-state index is 14.6. The fraction of sp³-hybridized carbons (Fsp3) is 0.487. The molecular formula is C39H55N5O8. The lowest BCUT2D eigenvalue weighted by atomic mass is 10.0. The minimum Gasteiger partial charge on any atom is -0.465 e. The average molecular weight is 722 g/mol. The number of benzene rings is 3. The number of unbranched alkanes of at least 4 members (excludes halogenated alkanes) is 1. The molecule has 2 atom stereocenters. The minimum absolute atomic E-state index is 0.209. The second-order valence-corrected chi connectivity index (χ2v) is 13.4. The van der Waals surface area contributed by atoms with Crippen LogP contribution in [0.1, 0.15) is 71.9 Å². The number of nitrogens with zero attached hydrogens (tertiary/aromatic N) is 2. The molecule has 0 heterocycles. The van der Waals surface area contributed by atoms with E-state index in [9.17, 15) is 24.3 Å². The topological polar surface area (TPSA) is 159 Å². The fourth-order valence-corrected chi connectivity index (χ4v) is 5.85. The zero-order chi connectivity index (χ0) is 38.1. The van der Waals surface area contributed by atoms with E-state index in [1.165, 1.54) is 4.90 Å². The first-order chi connectivity index (χ1) is 24.8. The van der Waals surface area contributed by atoms with Gasteiger partial charge in [0.05, 0.1) is 6.04 Å². The third kappa shape index (κ3) is 13.1. The Morgan fingerprint density at radius 1 is 0.865 bits per heavy atom. The van der Waals surface area contributed by atoms with Crippen LogP contribution in [-0.4, -0.2) is 89.1 Å². The van der Waals surface area contributed by atoms with Crippen molar-refractivity contribution in [2.75, 3.05) is 26.4 Å². The largest absolute Gasteiger partial charge is 0.465 e. The zero-order valence-corrected chi connectivity index (χ0v) is 31.2. The Morgan fingerprint density at radius 3 is 2.17 bits per heavy atom. The second kappa shape index (κ2) is 21.0. The van der Waals surface area contributed by atoms with Gasteiger partial charge < -0.3 is 35.0 Å². The fourth-order valence-electron chi connectivity index (χ4n) is 5.85. The Bertz CT molecular complexity index is 1570. The highest BCUT2D eigenvalue weighted by Crippen LogP contribution is 2.24. The normalized spacial score (nSPS) is 12.6. The molecule has 5 amide bonds. The SMILES string of the molecule is CCOC(OCC)[C@H](C)N(Cc1cccc2ccccc12)C(=O)[C@H](CCCCN(C(=O)O)C(C)(C)C)NC(=O)CONC(=O)NCc1ccccc1. The third-order valence-corrected chi connectivity index (χ3v) is 8.51. The van der Waals surface area contributed by atoms with Crippen molar-refractivity contribution in [1.82, 2.24) is 25.9 Å². The van der Waals surface area contributed by atoms with Crippen LogP contribution in [0.25, 0.3) is 10.8 Å². The molecule has 3 aromatic carbocycles. The van der Waals surface area contributed by atoms with Gasteiger partial charge >= 0.3 is 12.1 Å². The number of amides is 5. The number of fused-ring (bicyclic) bond motifs is 1. The number of carbonyl (C=O) groups excluding carboxylic acids is 3. The Labute approximate surface area is 306 Å². The predicted molar refractivity (Wildman–Crippen MR) is 199 cm³/mol. The molecule has 3 aromatic rings. The predicted octanol–water partition coefficient (Wildman–Crippen LogP) is 5.82. The molecule has 0 saturated carbocycles. The summed E-state index contributed by atoms with van der Waals surface area (Å²) in [6.45, 7) is 11.9. The first-order valence-electron chi connectivity index (χ1n) is 17.8. The molecule has 0 aliphatic carbocycles. The lowest BCUT2D eigenvalue weighted by Gasteiger charge is -2.37. The number of hydrogen-bond donors (Lipinski definition) is 4. The van der Waals surface area contributed by atoms with E-state index in [1.54, 1.807) is 4.90 Å². The van der Waals surface area contributed by atoms with Gasteiger partial charge in [0.25, 0.3) is 0 Å². The van der Waals surface area contributed by atoms with Gasteiger partial charge in [-0.15, -0.1) is 0 Å². The number of carbonyl (C=O) groups is 4. The van der Waals surface area contributed by atoms with Gasteiger partial charge in [-0.3, -0.25) is 14.4 Å². The van der Waals surface area contributed by atoms with Crippen LogP contribution in [-0.2, 0) is 37.0 Å². The van der Waals surface area contributed by atoms with Crippen LogP contribution >= 0.6 is 0 Å². The zero-order valence-electron chi connectivity index (χ0n) is 31.2. The van der Waals surface area contributed by atoms with Crippen LogP contribution in [0.5, 0.6) is 0 Å². The van der Waals surface area contributed by atoms with Crippen LogP contribution in [0, 0.1) is 0 Å². The number of ether oxygens (including phenoxy) is 2. The number of nitrogens with one attached hydrogen (secondary N) is 3. The maximum absolute atomic E-state index is 14.6. The third-order valence-electron chi connectivity index (χ3n) is 8.51. The number of carboxylic acid groups (broad SMARTS) is 1. The van der Waals surface area contributed by atoms with Crippen molar-refractivity contribution >= 4 is 34.7 Å². The van der Waals surface area contributed by atoms with Gasteiger partial charge in [-0.1, -0.05) is 72.8 Å². The number of hydrogen-bond acceptors (Lipinski definition) is 7. The van der Waals surface area contributed by atoms with Gasteiger partial charge in [-0.05, 0) is 82.7 Å². The molecule has 4 N–H and O–H groups in total. The number of rotatable bonds is 20. The van der Waals surface area contributed by atoms with E-state index >= 15 is 0 Å². The van der Waals surface area contributed by atoms with Crippen LogP contribution in [0.3, 0.4) is 0 Å². The molecular weight excluding hydrogens is 666 g/mol. The Balaban J connectivity index is 1.82. The van der Waals surface area contributed by atoms with Crippen molar-refractivity contribution in [1.29, 1.82) is 0 Å². The first kappa shape index (κ1) is 41.7. The number of hydroxylamine groups is 1. The van der Waals surface area contributed by atoms with Crippen molar-refractivity contribution in [3.05, 3.63) is 83.9 Å². The monoisotopic (exact) mass is 721 g/mol. The summed E-state index contributed by atoms with van der Waals surface area (Å²) in [5.74, 6) is -0.981. The van der Waals surface area contributed by atoms with Gasteiger partial charge in [-0.25, -0.2) is 15.1 Å². The second-order valence-electron chi connectivity index (χ2n) is 13.4. The Morgan fingerprint density at radius 2 is 1.52 bits per heavy atom. The van der Waals surface area contributed by atoms with Crippen LogP contribution < -0.4 is 16.1 Å². The van der Waals surface area contributed by atoms with E-state index < -0.39 is 48.6 Å². The van der Waals surface area contributed by atoms with Gasteiger partial charge in [0.15, 0.2) is 12.9 Å². The van der Waals surface area contributed by atoms with Crippen LogP contribution in [0.4, 0.5) is 9.59 Å². The van der Waals surface area contributed by atoms with Gasteiger partial charge in [0.1, 0.15) is 6.04 Å². The summed E-state index contributed by atoms with van der Waals surface area (Å²) in [5, 5.41) is 17.2. The molecule has 0 saturated heterocycles. The summed E-state index contributed by atoms with van der Waals surface area (Å²) in [6.07, 6.45) is -0.641. The molecule has 0 fully saturated rings. The van der Waals surface area contributed by atoms with Crippen molar-refractivity contribution in [3.8, 4) is 0 Å². The minimum atomic E-state index is -1.03. The van der Waals surface area contributed by atoms with E-state index in [0.717, 1.165) is 21.9 Å². The molecule has 284 valence electrons. The highest BCUT2D eigenvalue weighted by molar-refractivity contribution is 5.89. The van der Waals surface area contributed by atoms with Crippen LogP contribution in [0.2, 0.25) is 0 Å². The molecule has 0 radical (unpaired) electrons. The first-order valence-corrected chi connectivity index (χ1v) is 17.8. The summed E-state index contributed by atoms with van der Waals surface area (Å²) >= 11 is 0. The van der Waals surface area contributed by atoms with E-state index in [2.05, 4.69) is 16.1 Å². The van der Waals surface area contributed by atoms with Crippen molar-refractivity contribution in [2.45, 2.75) is 97.8 Å². The van der Waals surface area contributed by atoms with E-state index in [4.69, 9.17) is 14.3 Å². The lowest BCUT2D eigenvalue weighted by molar-refractivity contribution is -0.180. The molecule has 0 bridgehead atoms. The lowest BCUT2D eigenvalue weighted by Crippen LogP contribution is -2.55. The summed E-state index contributed by atoms with van der Waals surface area (Å²) < 4.78 is 11.9. The van der Waals surface area contributed by atoms with E-state index in [-0.39, 0.29) is 32.0 Å². The molecule has 0 aliphatic heterocycles. The molecule has 0 aliphatic rings. The quantitative estimate of drug-likeness (QED) is 0.0646. The summed E-state index contributed by atoms with van der Waals surface area (Å²) in [4.78, 5) is 60.3. The maximum Gasteiger partial charge on any atom is 0.407 e. The molecule has 0 spiro atoms. The van der Waals surface area contributed by atoms with Crippen molar-refractivity contribution < 1.29 is 38.6 Å². The summed E-state index contributed by atoms with van der Waals surface area (Å²) in [6, 6.07) is 21.0. The average Bonchev–Trinajstić information content (AvgIpc) is 3.11. The Kier molecular flexibility index (Phi) is 16.8.